The number of rotatable bonds is 1. The summed E-state index contributed by atoms with van der Waals surface area (Å²) in [6, 6.07) is 1.75. The monoisotopic (exact) mass is 162 g/mol. The Hall–Kier alpha value is -1.48. The molecular weight excluding hydrogens is 152 g/mol. The van der Waals surface area contributed by atoms with Gasteiger partial charge in [0, 0.05) is 6.54 Å². The minimum Gasteiger partial charge on any atom is -0.328 e. The summed E-state index contributed by atoms with van der Waals surface area (Å²) in [7, 11) is 0. The van der Waals surface area contributed by atoms with Crippen LogP contribution in [0, 0.1) is 23.7 Å². The Morgan fingerprint density at radius 2 is 2.50 bits per heavy atom. The average Bonchev–Trinajstić information content (AvgIpc) is 2.51. The van der Waals surface area contributed by atoms with Gasteiger partial charge in [-0.2, -0.15) is 5.26 Å². The van der Waals surface area contributed by atoms with Gasteiger partial charge < -0.3 is 4.90 Å². The highest BCUT2D eigenvalue weighted by Gasteiger charge is 2.26. The van der Waals surface area contributed by atoms with Crippen molar-refractivity contribution >= 4 is 5.91 Å². The predicted octanol–water partition coefficient (Wildman–Crippen LogP) is 0.524. The molecule has 3 heteroatoms. The van der Waals surface area contributed by atoms with E-state index in [0.717, 1.165) is 12.8 Å². The van der Waals surface area contributed by atoms with Gasteiger partial charge in [-0.05, 0) is 12.8 Å². The highest BCUT2D eigenvalue weighted by molar-refractivity contribution is 5.79. The number of likely N-dealkylation sites (tertiary alicyclic amines) is 1. The summed E-state index contributed by atoms with van der Waals surface area (Å²) in [6.45, 7) is 0.704. The molecule has 0 saturated carbocycles. The first-order chi connectivity index (χ1) is 5.79. The summed E-state index contributed by atoms with van der Waals surface area (Å²) in [5, 5.41) is 8.31. The van der Waals surface area contributed by atoms with Gasteiger partial charge in [0.1, 0.15) is 6.42 Å². The largest absolute Gasteiger partial charge is 0.328 e. The summed E-state index contributed by atoms with van der Waals surface area (Å²) in [5.41, 5.74) is 0. The van der Waals surface area contributed by atoms with Crippen molar-refractivity contribution < 1.29 is 4.79 Å². The Bertz CT molecular complexity index is 259. The first kappa shape index (κ1) is 8.62. The van der Waals surface area contributed by atoms with Crippen LogP contribution < -0.4 is 0 Å². The van der Waals surface area contributed by atoms with Crippen molar-refractivity contribution in [2.75, 3.05) is 6.54 Å². The number of hydrogen-bond donors (Lipinski definition) is 0. The molecule has 1 rings (SSSR count). The lowest BCUT2D eigenvalue weighted by Gasteiger charge is -2.18. The van der Waals surface area contributed by atoms with Crippen molar-refractivity contribution in [3.63, 3.8) is 0 Å². The van der Waals surface area contributed by atoms with E-state index in [-0.39, 0.29) is 18.4 Å². The van der Waals surface area contributed by atoms with Gasteiger partial charge in [-0.3, -0.25) is 4.79 Å². The number of hydrogen-bond acceptors (Lipinski definition) is 2. The maximum absolute atomic E-state index is 11.2. The lowest BCUT2D eigenvalue weighted by Crippen LogP contribution is -2.34. The standard InChI is InChI=1S/C9H10N2O/c1-2-8-4-3-7-11(8)9(12)5-6-10/h1,8H,3-5,7H2/t8-/m0/s1. The highest BCUT2D eigenvalue weighted by atomic mass is 16.2. The molecule has 0 aliphatic carbocycles. The number of terminal acetylenes is 1. The minimum atomic E-state index is -0.141. The van der Waals surface area contributed by atoms with E-state index >= 15 is 0 Å². The van der Waals surface area contributed by atoms with Crippen LogP contribution in [0.1, 0.15) is 19.3 Å². The second-order valence-electron chi connectivity index (χ2n) is 2.75. The minimum absolute atomic E-state index is 0.0574. The molecule has 0 unspecified atom stereocenters. The molecule has 62 valence electrons. The topological polar surface area (TPSA) is 44.1 Å². The maximum atomic E-state index is 11.2. The molecule has 0 spiro atoms. The molecule has 0 aromatic rings. The number of nitrogens with zero attached hydrogens (tertiary/aromatic N) is 2. The molecule has 0 radical (unpaired) electrons. The van der Waals surface area contributed by atoms with E-state index in [2.05, 4.69) is 5.92 Å². The van der Waals surface area contributed by atoms with E-state index in [0.29, 0.717) is 6.54 Å². The smallest absolute Gasteiger partial charge is 0.237 e. The van der Waals surface area contributed by atoms with Crippen LogP contribution in [0.25, 0.3) is 0 Å². The Labute approximate surface area is 72.0 Å². The first-order valence-corrected chi connectivity index (χ1v) is 3.92. The third-order valence-electron chi connectivity index (χ3n) is 2.00. The van der Waals surface area contributed by atoms with Crippen molar-refractivity contribution in [2.24, 2.45) is 0 Å². The molecule has 0 aromatic heterocycles. The molecule has 1 aliphatic rings. The SMILES string of the molecule is C#C[C@H]1CCCN1C(=O)CC#N. The van der Waals surface area contributed by atoms with Gasteiger partial charge in [0.05, 0.1) is 12.1 Å². The molecule has 1 saturated heterocycles. The van der Waals surface area contributed by atoms with Gasteiger partial charge in [0.25, 0.3) is 0 Å². The molecule has 1 amide bonds. The Kier molecular flexibility index (Phi) is 2.71. The summed E-state index contributed by atoms with van der Waals surface area (Å²) in [5.74, 6) is 2.41. The lowest BCUT2D eigenvalue weighted by molar-refractivity contribution is -0.130. The summed E-state index contributed by atoms with van der Waals surface area (Å²) in [6.07, 6.45) is 6.99. The molecule has 1 heterocycles. The zero-order chi connectivity index (χ0) is 8.97. The molecule has 0 N–H and O–H groups in total. The zero-order valence-electron chi connectivity index (χ0n) is 6.79. The van der Waals surface area contributed by atoms with Gasteiger partial charge in [-0.25, -0.2) is 0 Å². The van der Waals surface area contributed by atoms with Gasteiger partial charge in [0.2, 0.25) is 5.91 Å². The molecule has 1 aliphatic heterocycles. The molecule has 12 heavy (non-hydrogen) atoms. The van der Waals surface area contributed by atoms with Gasteiger partial charge in [-0.15, -0.1) is 6.42 Å². The van der Waals surface area contributed by atoms with Gasteiger partial charge in [0.15, 0.2) is 0 Å². The van der Waals surface area contributed by atoms with Gasteiger partial charge >= 0.3 is 0 Å². The number of nitriles is 1. The fraction of sp³-hybridized carbons (Fsp3) is 0.556. The molecule has 3 nitrogen and oxygen atoms in total. The Balaban J connectivity index is 2.58. The van der Waals surface area contributed by atoms with Crippen molar-refractivity contribution in [1.29, 1.82) is 5.26 Å². The van der Waals surface area contributed by atoms with Crippen LogP contribution in [-0.2, 0) is 4.79 Å². The van der Waals surface area contributed by atoms with E-state index < -0.39 is 0 Å². The van der Waals surface area contributed by atoms with Crippen molar-refractivity contribution in [3.05, 3.63) is 0 Å². The summed E-state index contributed by atoms with van der Waals surface area (Å²) in [4.78, 5) is 12.8. The van der Waals surface area contributed by atoms with E-state index in [1.165, 1.54) is 0 Å². The number of carbonyl (C=O) groups is 1. The second-order valence-corrected chi connectivity index (χ2v) is 2.75. The quantitative estimate of drug-likeness (QED) is 0.528. The second kappa shape index (κ2) is 3.78. The number of amides is 1. The lowest BCUT2D eigenvalue weighted by atomic mass is 10.2. The molecule has 0 aromatic carbocycles. The zero-order valence-corrected chi connectivity index (χ0v) is 6.79. The molecular formula is C9H10N2O. The predicted molar refractivity (Wildman–Crippen MR) is 43.8 cm³/mol. The normalized spacial score (nSPS) is 21.5. The van der Waals surface area contributed by atoms with Crippen LogP contribution in [0.2, 0.25) is 0 Å². The summed E-state index contributed by atoms with van der Waals surface area (Å²) >= 11 is 0. The summed E-state index contributed by atoms with van der Waals surface area (Å²) < 4.78 is 0. The third kappa shape index (κ3) is 1.57. The van der Waals surface area contributed by atoms with Crippen LogP contribution in [0.5, 0.6) is 0 Å². The van der Waals surface area contributed by atoms with E-state index in [4.69, 9.17) is 11.7 Å². The molecule has 0 bridgehead atoms. The van der Waals surface area contributed by atoms with Crippen LogP contribution >= 0.6 is 0 Å². The van der Waals surface area contributed by atoms with Crippen LogP contribution in [-0.4, -0.2) is 23.4 Å². The van der Waals surface area contributed by atoms with Gasteiger partial charge in [-0.1, -0.05) is 5.92 Å². The first-order valence-electron chi connectivity index (χ1n) is 3.92. The van der Waals surface area contributed by atoms with Crippen LogP contribution in [0.3, 0.4) is 0 Å². The highest BCUT2D eigenvalue weighted by Crippen LogP contribution is 2.16. The molecule has 1 fully saturated rings. The van der Waals surface area contributed by atoms with Crippen molar-refractivity contribution in [2.45, 2.75) is 25.3 Å². The Morgan fingerprint density at radius 1 is 1.75 bits per heavy atom. The average molecular weight is 162 g/mol. The van der Waals surface area contributed by atoms with E-state index in [1.807, 2.05) is 6.07 Å². The van der Waals surface area contributed by atoms with Crippen LogP contribution in [0.4, 0.5) is 0 Å². The van der Waals surface area contributed by atoms with Crippen LogP contribution in [0.15, 0.2) is 0 Å². The fourth-order valence-corrected chi connectivity index (χ4v) is 1.41. The van der Waals surface area contributed by atoms with E-state index in [1.54, 1.807) is 4.90 Å². The Morgan fingerprint density at radius 3 is 3.08 bits per heavy atom. The van der Waals surface area contributed by atoms with Crippen molar-refractivity contribution in [1.82, 2.24) is 4.90 Å². The maximum Gasteiger partial charge on any atom is 0.237 e. The molecule has 1 atom stereocenters. The van der Waals surface area contributed by atoms with E-state index in [9.17, 15) is 4.79 Å². The fourth-order valence-electron chi connectivity index (χ4n) is 1.41. The van der Waals surface area contributed by atoms with Crippen molar-refractivity contribution in [3.8, 4) is 18.4 Å². The third-order valence-corrected chi connectivity index (χ3v) is 2.00. The number of carbonyl (C=O) groups excluding carboxylic acids is 1.